The molecule has 3 heterocycles. The van der Waals surface area contributed by atoms with E-state index in [9.17, 15) is 0 Å². The van der Waals surface area contributed by atoms with Gasteiger partial charge in [0.1, 0.15) is 11.2 Å². The molecule has 0 aliphatic carbocycles. The monoisotopic (exact) mass is 638 g/mol. The van der Waals surface area contributed by atoms with Crippen LogP contribution in [0.1, 0.15) is 0 Å². The quantitative estimate of drug-likeness (QED) is 0.193. The van der Waals surface area contributed by atoms with Gasteiger partial charge < -0.3 is 4.42 Å². The Morgan fingerprint density at radius 3 is 1.88 bits per heavy atom. The Morgan fingerprint density at radius 1 is 0.400 bits per heavy atom. The molecule has 0 amide bonds. The van der Waals surface area contributed by atoms with Crippen molar-refractivity contribution >= 4 is 76.1 Å². The smallest absolute Gasteiger partial charge is 0.238 e. The van der Waals surface area contributed by atoms with Crippen LogP contribution < -0.4 is 0 Å². The van der Waals surface area contributed by atoms with E-state index in [2.05, 4.69) is 126 Å². The fourth-order valence-corrected chi connectivity index (χ4v) is 7.69. The Balaban J connectivity index is 1.26. The van der Waals surface area contributed by atoms with Crippen LogP contribution in [0, 0.1) is 0 Å². The van der Waals surface area contributed by atoms with E-state index in [1.807, 2.05) is 36.4 Å². The van der Waals surface area contributed by atoms with Crippen molar-refractivity contribution in [3.05, 3.63) is 158 Å². The second-order valence-electron chi connectivity index (χ2n) is 12.8. The van der Waals surface area contributed by atoms with Gasteiger partial charge >= 0.3 is 0 Å². The number of nitrogens with zero attached hydrogens (tertiary/aromatic N) is 4. The van der Waals surface area contributed by atoms with Gasteiger partial charge in [0.2, 0.25) is 5.95 Å². The highest BCUT2D eigenvalue weighted by Gasteiger charge is 2.22. The first-order chi connectivity index (χ1) is 24.8. The molecule has 11 rings (SSSR count). The van der Waals surface area contributed by atoms with Gasteiger partial charge in [-0.1, -0.05) is 127 Å². The maximum Gasteiger partial charge on any atom is 0.238 e. The number of hydrogen-bond acceptors (Lipinski definition) is 4. The number of aromatic nitrogens is 4. The summed E-state index contributed by atoms with van der Waals surface area (Å²) in [5.41, 5.74) is 5.44. The molecule has 50 heavy (non-hydrogen) atoms. The van der Waals surface area contributed by atoms with Crippen LogP contribution in [0.3, 0.4) is 0 Å². The molecule has 0 aliphatic heterocycles. The highest BCUT2D eigenvalue weighted by Crippen LogP contribution is 2.41. The third-order valence-corrected chi connectivity index (χ3v) is 10.0. The van der Waals surface area contributed by atoms with Crippen molar-refractivity contribution in [2.45, 2.75) is 0 Å². The zero-order valence-electron chi connectivity index (χ0n) is 26.7. The summed E-state index contributed by atoms with van der Waals surface area (Å²) >= 11 is 0. The van der Waals surface area contributed by atoms with Crippen LogP contribution in [0.25, 0.3) is 105 Å². The third-order valence-electron chi connectivity index (χ3n) is 10.0. The number of furan rings is 1. The molecule has 3 aromatic heterocycles. The minimum atomic E-state index is 0.554. The van der Waals surface area contributed by atoms with Gasteiger partial charge in [-0.15, -0.1) is 0 Å². The predicted octanol–water partition coefficient (Wildman–Crippen LogP) is 11.7. The lowest BCUT2D eigenvalue weighted by atomic mass is 10.0. The maximum absolute atomic E-state index is 6.76. The van der Waals surface area contributed by atoms with Crippen LogP contribution in [0.5, 0.6) is 0 Å². The molecule has 0 atom stereocenters. The van der Waals surface area contributed by atoms with Gasteiger partial charge in [0.05, 0.1) is 16.6 Å². The van der Waals surface area contributed by atoms with E-state index in [0.717, 1.165) is 65.6 Å². The van der Waals surface area contributed by atoms with Crippen molar-refractivity contribution in [2.24, 2.45) is 0 Å². The summed E-state index contributed by atoms with van der Waals surface area (Å²) in [6.07, 6.45) is 0. The molecule has 8 aromatic carbocycles. The van der Waals surface area contributed by atoms with Crippen LogP contribution in [0.2, 0.25) is 0 Å². The topological polar surface area (TPSA) is 56.7 Å². The van der Waals surface area contributed by atoms with Crippen molar-refractivity contribution in [1.29, 1.82) is 0 Å². The number of hydrogen-bond donors (Lipinski definition) is 0. The molecule has 0 bridgehead atoms. The van der Waals surface area contributed by atoms with Crippen molar-refractivity contribution in [3.63, 3.8) is 0 Å². The Morgan fingerprint density at radius 2 is 1.04 bits per heavy atom. The minimum absolute atomic E-state index is 0.554. The van der Waals surface area contributed by atoms with E-state index in [1.165, 1.54) is 21.5 Å². The van der Waals surface area contributed by atoms with Crippen LogP contribution in [-0.4, -0.2) is 19.5 Å². The van der Waals surface area contributed by atoms with Crippen molar-refractivity contribution in [2.75, 3.05) is 0 Å². The van der Waals surface area contributed by atoms with Gasteiger partial charge in [-0.2, -0.15) is 9.97 Å². The molecule has 232 valence electrons. The summed E-state index contributed by atoms with van der Waals surface area (Å²) in [6, 6.07) is 55.0. The number of para-hydroxylation sites is 1. The summed E-state index contributed by atoms with van der Waals surface area (Å²) in [5, 5.41) is 11.4. The summed E-state index contributed by atoms with van der Waals surface area (Å²) in [5.74, 6) is 1.71. The average Bonchev–Trinajstić information content (AvgIpc) is 3.73. The normalized spacial score (nSPS) is 12.0. The molecule has 11 aromatic rings. The van der Waals surface area contributed by atoms with E-state index in [-0.39, 0.29) is 0 Å². The first-order valence-electron chi connectivity index (χ1n) is 16.8. The first kappa shape index (κ1) is 27.1. The highest BCUT2D eigenvalue weighted by atomic mass is 16.3. The van der Waals surface area contributed by atoms with E-state index >= 15 is 0 Å². The van der Waals surface area contributed by atoms with Crippen molar-refractivity contribution in [3.8, 4) is 28.7 Å². The predicted molar refractivity (Wildman–Crippen MR) is 205 cm³/mol. The molecular formula is C45H26N4O. The lowest BCUT2D eigenvalue weighted by molar-refractivity contribution is 0.673. The van der Waals surface area contributed by atoms with Crippen molar-refractivity contribution < 1.29 is 4.42 Å². The maximum atomic E-state index is 6.76. The standard InChI is InChI=1S/C45H26N4O/c1-2-13-29(14-3-1)43-46-44(36-20-10-19-34-35-23-21-28-12-7-9-18-33(28)41(35)50-42(34)36)48-45(47-43)49-38-24-22-27-11-6-8-17-32(27)40(38)37-25-30-15-4-5-16-31(30)26-39(37)49/h1-26H. The van der Waals surface area contributed by atoms with Crippen molar-refractivity contribution in [1.82, 2.24) is 19.5 Å². The molecule has 0 radical (unpaired) electrons. The fourth-order valence-electron chi connectivity index (χ4n) is 7.69. The summed E-state index contributed by atoms with van der Waals surface area (Å²) in [4.78, 5) is 15.6. The average molecular weight is 639 g/mol. The molecule has 0 N–H and O–H groups in total. The van der Waals surface area contributed by atoms with Gasteiger partial charge in [-0.25, -0.2) is 4.98 Å². The Hall–Kier alpha value is -6.85. The van der Waals surface area contributed by atoms with Gasteiger partial charge in [-0.05, 0) is 57.3 Å². The molecule has 5 nitrogen and oxygen atoms in total. The van der Waals surface area contributed by atoms with E-state index in [4.69, 9.17) is 19.4 Å². The Kier molecular flexibility index (Phi) is 5.60. The van der Waals surface area contributed by atoms with Gasteiger partial charge in [-0.3, -0.25) is 4.57 Å². The molecular weight excluding hydrogens is 613 g/mol. The molecule has 0 saturated heterocycles. The first-order valence-corrected chi connectivity index (χ1v) is 16.8. The lowest BCUT2D eigenvalue weighted by Crippen LogP contribution is -2.06. The zero-order valence-corrected chi connectivity index (χ0v) is 26.7. The largest absolute Gasteiger partial charge is 0.455 e. The Labute approximate surface area is 285 Å². The van der Waals surface area contributed by atoms with Gasteiger partial charge in [0.15, 0.2) is 11.6 Å². The van der Waals surface area contributed by atoms with Crippen LogP contribution in [-0.2, 0) is 0 Å². The molecule has 0 aliphatic rings. The number of benzene rings is 8. The fraction of sp³-hybridized carbons (Fsp3) is 0. The summed E-state index contributed by atoms with van der Waals surface area (Å²) in [7, 11) is 0. The van der Waals surface area contributed by atoms with Gasteiger partial charge in [0, 0.05) is 32.5 Å². The minimum Gasteiger partial charge on any atom is -0.455 e. The van der Waals surface area contributed by atoms with Crippen LogP contribution in [0.4, 0.5) is 0 Å². The third kappa shape index (κ3) is 3.92. The van der Waals surface area contributed by atoms with E-state index in [0.29, 0.717) is 17.6 Å². The number of fused-ring (bicyclic) bond motifs is 11. The number of rotatable bonds is 3. The Bertz CT molecular complexity index is 3160. The SMILES string of the molecule is c1ccc(-c2nc(-c3cccc4c3oc3c5ccccc5ccc43)nc(-n3c4cc5ccccc5cc4c4c5ccccc5ccc43)n2)cc1. The van der Waals surface area contributed by atoms with E-state index < -0.39 is 0 Å². The highest BCUT2D eigenvalue weighted by molar-refractivity contribution is 6.23. The molecule has 0 spiro atoms. The zero-order chi connectivity index (χ0) is 32.8. The molecule has 0 fully saturated rings. The van der Waals surface area contributed by atoms with Crippen LogP contribution >= 0.6 is 0 Å². The lowest BCUT2D eigenvalue weighted by Gasteiger charge is -2.11. The summed E-state index contributed by atoms with van der Waals surface area (Å²) in [6.45, 7) is 0. The van der Waals surface area contributed by atoms with Gasteiger partial charge in [0.25, 0.3) is 0 Å². The second kappa shape index (κ2) is 10.3. The molecule has 5 heteroatoms. The van der Waals surface area contributed by atoms with Crippen LogP contribution in [0.15, 0.2) is 162 Å². The molecule has 0 saturated carbocycles. The summed E-state index contributed by atoms with van der Waals surface area (Å²) < 4.78 is 8.96. The molecule has 0 unspecified atom stereocenters. The van der Waals surface area contributed by atoms with E-state index in [1.54, 1.807) is 0 Å². The second-order valence-corrected chi connectivity index (χ2v) is 12.8.